The van der Waals surface area contributed by atoms with Crippen molar-refractivity contribution < 1.29 is 9.59 Å². The standard InChI is InChI=1S/C20H19ClN4O2/c1-13-18(14(2)25(24-13)17-9-4-3-5-10-17)12-19(26)22-23-20(27)15-7-6-8-16(21)11-15/h3-11H,12H2,1-2H3,(H,22,26)(H,23,27). The van der Waals surface area contributed by atoms with Crippen LogP contribution in [0, 0.1) is 13.8 Å². The van der Waals surface area contributed by atoms with Gasteiger partial charge < -0.3 is 0 Å². The molecule has 0 radical (unpaired) electrons. The third kappa shape index (κ3) is 4.35. The van der Waals surface area contributed by atoms with Crippen LogP contribution in [-0.4, -0.2) is 21.6 Å². The third-order valence-electron chi connectivity index (χ3n) is 4.18. The number of benzene rings is 2. The number of aromatic nitrogens is 2. The van der Waals surface area contributed by atoms with E-state index < -0.39 is 5.91 Å². The fourth-order valence-corrected chi connectivity index (χ4v) is 2.97. The summed E-state index contributed by atoms with van der Waals surface area (Å²) < 4.78 is 1.81. The molecule has 6 nitrogen and oxygen atoms in total. The van der Waals surface area contributed by atoms with Crippen molar-refractivity contribution in [2.75, 3.05) is 0 Å². The summed E-state index contributed by atoms with van der Waals surface area (Å²) in [7, 11) is 0. The molecule has 1 aromatic heterocycles. The fraction of sp³-hybridized carbons (Fsp3) is 0.150. The number of carbonyl (C=O) groups is 2. The molecule has 0 saturated carbocycles. The van der Waals surface area contributed by atoms with Gasteiger partial charge in [0.15, 0.2) is 0 Å². The molecule has 0 atom stereocenters. The number of nitrogens with one attached hydrogen (secondary N) is 2. The molecule has 0 saturated heterocycles. The lowest BCUT2D eigenvalue weighted by Crippen LogP contribution is -2.42. The predicted molar refractivity (Wildman–Crippen MR) is 104 cm³/mol. The summed E-state index contributed by atoms with van der Waals surface area (Å²) in [5.41, 5.74) is 8.61. The second-order valence-corrected chi connectivity index (χ2v) is 6.52. The predicted octanol–water partition coefficient (Wildman–Crippen LogP) is 3.15. The van der Waals surface area contributed by atoms with Gasteiger partial charge in [-0.2, -0.15) is 5.10 Å². The SMILES string of the molecule is Cc1nn(-c2ccccc2)c(C)c1CC(=O)NNC(=O)c1cccc(Cl)c1. The summed E-state index contributed by atoms with van der Waals surface area (Å²) in [6, 6.07) is 16.2. The molecule has 27 heavy (non-hydrogen) atoms. The number of nitrogens with zero attached hydrogens (tertiary/aromatic N) is 2. The Morgan fingerprint density at radius 2 is 1.78 bits per heavy atom. The number of halogens is 1. The first-order valence-corrected chi connectivity index (χ1v) is 8.79. The minimum absolute atomic E-state index is 0.111. The molecule has 0 aliphatic carbocycles. The van der Waals surface area contributed by atoms with E-state index in [0.29, 0.717) is 10.6 Å². The first-order chi connectivity index (χ1) is 13.0. The largest absolute Gasteiger partial charge is 0.273 e. The fourth-order valence-electron chi connectivity index (χ4n) is 2.78. The zero-order chi connectivity index (χ0) is 19.4. The molecule has 3 aromatic rings. The van der Waals surface area contributed by atoms with Crippen LogP contribution in [0.5, 0.6) is 0 Å². The van der Waals surface area contributed by atoms with Crippen LogP contribution in [-0.2, 0) is 11.2 Å². The van der Waals surface area contributed by atoms with Crippen molar-refractivity contribution in [1.29, 1.82) is 0 Å². The van der Waals surface area contributed by atoms with Gasteiger partial charge in [-0.1, -0.05) is 35.9 Å². The van der Waals surface area contributed by atoms with Gasteiger partial charge in [0.05, 0.1) is 17.8 Å². The molecule has 0 fully saturated rings. The number of hydrazine groups is 1. The highest BCUT2D eigenvalue weighted by molar-refractivity contribution is 6.30. The molecule has 1 heterocycles. The van der Waals surface area contributed by atoms with Crippen LogP contribution in [0.4, 0.5) is 0 Å². The van der Waals surface area contributed by atoms with Crippen molar-refractivity contribution in [2.24, 2.45) is 0 Å². The summed E-state index contributed by atoms with van der Waals surface area (Å²) in [4.78, 5) is 24.4. The van der Waals surface area contributed by atoms with Gasteiger partial charge in [-0.15, -0.1) is 0 Å². The van der Waals surface area contributed by atoms with Crippen molar-refractivity contribution in [3.05, 3.63) is 82.1 Å². The van der Waals surface area contributed by atoms with E-state index >= 15 is 0 Å². The number of hydrogen-bond donors (Lipinski definition) is 2. The summed E-state index contributed by atoms with van der Waals surface area (Å²) in [5, 5.41) is 4.97. The summed E-state index contributed by atoms with van der Waals surface area (Å²) in [5.74, 6) is -0.761. The zero-order valence-corrected chi connectivity index (χ0v) is 15.7. The van der Waals surface area contributed by atoms with E-state index in [4.69, 9.17) is 11.6 Å². The average molecular weight is 383 g/mol. The summed E-state index contributed by atoms with van der Waals surface area (Å²) in [6.45, 7) is 3.78. The number of hydrogen-bond acceptors (Lipinski definition) is 3. The molecule has 3 rings (SSSR count). The van der Waals surface area contributed by atoms with E-state index in [2.05, 4.69) is 16.0 Å². The zero-order valence-electron chi connectivity index (χ0n) is 15.0. The van der Waals surface area contributed by atoms with Crippen molar-refractivity contribution >= 4 is 23.4 Å². The van der Waals surface area contributed by atoms with Crippen LogP contribution in [0.1, 0.15) is 27.3 Å². The highest BCUT2D eigenvalue weighted by atomic mass is 35.5. The van der Waals surface area contributed by atoms with Crippen LogP contribution in [0.2, 0.25) is 5.02 Å². The second kappa shape index (κ2) is 8.05. The van der Waals surface area contributed by atoms with Gasteiger partial charge in [0.1, 0.15) is 0 Å². The molecule has 0 spiro atoms. The highest BCUT2D eigenvalue weighted by Crippen LogP contribution is 2.18. The molecule has 2 aromatic carbocycles. The Kier molecular flexibility index (Phi) is 5.57. The molecular formula is C20H19ClN4O2. The lowest BCUT2D eigenvalue weighted by molar-refractivity contribution is -0.121. The molecule has 7 heteroatoms. The summed E-state index contributed by atoms with van der Waals surface area (Å²) >= 11 is 5.87. The molecule has 0 bridgehead atoms. The minimum atomic E-state index is -0.431. The quantitative estimate of drug-likeness (QED) is 0.680. The van der Waals surface area contributed by atoms with Crippen LogP contribution in [0.25, 0.3) is 5.69 Å². The Balaban J connectivity index is 1.66. The van der Waals surface area contributed by atoms with Crippen LogP contribution >= 0.6 is 11.6 Å². The summed E-state index contributed by atoms with van der Waals surface area (Å²) in [6.07, 6.45) is 0.111. The van der Waals surface area contributed by atoms with Gasteiger partial charge in [-0.3, -0.25) is 20.4 Å². The van der Waals surface area contributed by atoms with Gasteiger partial charge in [0.25, 0.3) is 5.91 Å². The Morgan fingerprint density at radius 3 is 2.48 bits per heavy atom. The molecule has 0 unspecified atom stereocenters. The number of para-hydroxylation sites is 1. The first kappa shape index (κ1) is 18.7. The Hall–Kier alpha value is -3.12. The number of carbonyl (C=O) groups excluding carboxylic acids is 2. The highest BCUT2D eigenvalue weighted by Gasteiger charge is 2.16. The van der Waals surface area contributed by atoms with E-state index in [1.807, 2.05) is 48.9 Å². The monoisotopic (exact) mass is 382 g/mol. The number of amides is 2. The normalized spacial score (nSPS) is 10.5. The smallest absolute Gasteiger partial charge is 0.269 e. The number of rotatable bonds is 4. The van der Waals surface area contributed by atoms with E-state index in [-0.39, 0.29) is 12.3 Å². The maximum atomic E-state index is 12.3. The average Bonchev–Trinajstić information content (AvgIpc) is 2.95. The van der Waals surface area contributed by atoms with Crippen molar-refractivity contribution in [1.82, 2.24) is 20.6 Å². The Bertz CT molecular complexity index is 983. The Labute approximate surface area is 162 Å². The topological polar surface area (TPSA) is 76.0 Å². The van der Waals surface area contributed by atoms with E-state index in [1.165, 1.54) is 6.07 Å². The first-order valence-electron chi connectivity index (χ1n) is 8.41. The number of aryl methyl sites for hydroxylation is 1. The Morgan fingerprint density at radius 1 is 1.04 bits per heavy atom. The minimum Gasteiger partial charge on any atom is -0.273 e. The molecule has 0 aliphatic rings. The molecule has 138 valence electrons. The van der Waals surface area contributed by atoms with Gasteiger partial charge in [0.2, 0.25) is 5.91 Å². The lowest BCUT2D eigenvalue weighted by atomic mass is 10.1. The van der Waals surface area contributed by atoms with Crippen LogP contribution in [0.15, 0.2) is 54.6 Å². The third-order valence-corrected chi connectivity index (χ3v) is 4.42. The van der Waals surface area contributed by atoms with Crippen molar-refractivity contribution in [3.8, 4) is 5.69 Å². The maximum Gasteiger partial charge on any atom is 0.269 e. The molecular weight excluding hydrogens is 364 g/mol. The molecule has 2 amide bonds. The van der Waals surface area contributed by atoms with Gasteiger partial charge in [-0.05, 0) is 44.2 Å². The van der Waals surface area contributed by atoms with Gasteiger partial charge in [0, 0.05) is 21.8 Å². The molecule has 0 aliphatic heterocycles. The van der Waals surface area contributed by atoms with Gasteiger partial charge >= 0.3 is 0 Å². The van der Waals surface area contributed by atoms with Crippen LogP contribution < -0.4 is 10.9 Å². The maximum absolute atomic E-state index is 12.3. The van der Waals surface area contributed by atoms with E-state index in [1.54, 1.807) is 18.2 Å². The van der Waals surface area contributed by atoms with Crippen molar-refractivity contribution in [2.45, 2.75) is 20.3 Å². The lowest BCUT2D eigenvalue weighted by Gasteiger charge is -2.08. The van der Waals surface area contributed by atoms with Crippen LogP contribution in [0.3, 0.4) is 0 Å². The van der Waals surface area contributed by atoms with Crippen molar-refractivity contribution in [3.63, 3.8) is 0 Å². The van der Waals surface area contributed by atoms with E-state index in [0.717, 1.165) is 22.6 Å². The second-order valence-electron chi connectivity index (χ2n) is 6.09. The van der Waals surface area contributed by atoms with Gasteiger partial charge in [-0.25, -0.2) is 4.68 Å². The molecule has 2 N–H and O–H groups in total. The van der Waals surface area contributed by atoms with E-state index in [9.17, 15) is 9.59 Å².